The van der Waals surface area contributed by atoms with E-state index in [0.29, 0.717) is 22.1 Å². The molecule has 0 unspecified atom stereocenters. The molecule has 0 fully saturated rings. The SMILES string of the molecule is N#Cc1ccc(COC(=O)CSc2nnc(-c3ccccc3F)n2-c2ccccc2)cc1. The van der Waals surface area contributed by atoms with Gasteiger partial charge in [-0.15, -0.1) is 10.2 Å². The third-order valence-electron chi connectivity index (χ3n) is 4.56. The maximum atomic E-state index is 14.4. The van der Waals surface area contributed by atoms with Crippen LogP contribution >= 0.6 is 11.8 Å². The summed E-state index contributed by atoms with van der Waals surface area (Å²) < 4.78 is 21.5. The lowest BCUT2D eigenvalue weighted by Crippen LogP contribution is -2.08. The molecule has 0 amide bonds. The van der Waals surface area contributed by atoms with Crippen molar-refractivity contribution in [1.82, 2.24) is 14.8 Å². The molecule has 0 saturated heterocycles. The van der Waals surface area contributed by atoms with Gasteiger partial charge in [0.2, 0.25) is 0 Å². The number of esters is 1. The molecular formula is C24H17FN4O2S. The molecule has 32 heavy (non-hydrogen) atoms. The number of carbonyl (C=O) groups excluding carboxylic acids is 1. The third-order valence-corrected chi connectivity index (χ3v) is 5.47. The number of nitrogens with zero attached hydrogens (tertiary/aromatic N) is 4. The number of benzene rings is 3. The minimum absolute atomic E-state index is 0.0124. The van der Waals surface area contributed by atoms with Crippen molar-refractivity contribution in [1.29, 1.82) is 5.26 Å². The maximum Gasteiger partial charge on any atom is 0.316 e. The lowest BCUT2D eigenvalue weighted by Gasteiger charge is -2.11. The molecule has 6 nitrogen and oxygen atoms in total. The van der Waals surface area contributed by atoms with Crippen LogP contribution in [0.25, 0.3) is 17.1 Å². The summed E-state index contributed by atoms with van der Waals surface area (Å²) >= 11 is 1.16. The van der Waals surface area contributed by atoms with Crippen LogP contribution in [0.3, 0.4) is 0 Å². The molecule has 0 aliphatic rings. The minimum Gasteiger partial charge on any atom is -0.460 e. The van der Waals surface area contributed by atoms with Gasteiger partial charge in [-0.25, -0.2) is 4.39 Å². The molecule has 158 valence electrons. The van der Waals surface area contributed by atoms with Gasteiger partial charge in [0, 0.05) is 5.69 Å². The van der Waals surface area contributed by atoms with Gasteiger partial charge in [0.15, 0.2) is 11.0 Å². The first-order valence-corrected chi connectivity index (χ1v) is 10.7. The first-order chi connectivity index (χ1) is 15.7. The summed E-state index contributed by atoms with van der Waals surface area (Å²) in [4.78, 5) is 12.3. The van der Waals surface area contributed by atoms with Gasteiger partial charge >= 0.3 is 5.97 Å². The maximum absolute atomic E-state index is 14.4. The molecule has 4 rings (SSSR count). The second-order valence-electron chi connectivity index (χ2n) is 6.72. The van der Waals surface area contributed by atoms with Gasteiger partial charge < -0.3 is 4.74 Å². The molecule has 0 aliphatic carbocycles. The number of carbonyl (C=O) groups is 1. The second-order valence-corrected chi connectivity index (χ2v) is 7.66. The van der Waals surface area contributed by atoms with Crippen LogP contribution < -0.4 is 0 Å². The normalized spacial score (nSPS) is 10.5. The molecule has 4 aromatic rings. The topological polar surface area (TPSA) is 80.8 Å². The number of hydrogen-bond donors (Lipinski definition) is 0. The van der Waals surface area contributed by atoms with Gasteiger partial charge in [-0.1, -0.05) is 54.2 Å². The summed E-state index contributed by atoms with van der Waals surface area (Å²) in [7, 11) is 0. The Balaban J connectivity index is 1.50. The zero-order valence-corrected chi connectivity index (χ0v) is 17.6. The predicted molar refractivity (Wildman–Crippen MR) is 118 cm³/mol. The van der Waals surface area contributed by atoms with Crippen LogP contribution in [0.15, 0.2) is 84.0 Å². The monoisotopic (exact) mass is 444 g/mol. The van der Waals surface area contributed by atoms with E-state index >= 15 is 0 Å². The highest BCUT2D eigenvalue weighted by molar-refractivity contribution is 7.99. The molecule has 8 heteroatoms. The average molecular weight is 444 g/mol. The van der Waals surface area contributed by atoms with Crippen molar-refractivity contribution in [3.63, 3.8) is 0 Å². The Morgan fingerprint density at radius 3 is 2.44 bits per heavy atom. The minimum atomic E-state index is -0.422. The van der Waals surface area contributed by atoms with E-state index in [1.54, 1.807) is 47.0 Å². The molecule has 0 aliphatic heterocycles. The highest BCUT2D eigenvalue weighted by Gasteiger charge is 2.19. The van der Waals surface area contributed by atoms with Crippen molar-refractivity contribution in [2.24, 2.45) is 0 Å². The summed E-state index contributed by atoms with van der Waals surface area (Å²) in [5.41, 5.74) is 2.40. The zero-order valence-electron chi connectivity index (χ0n) is 16.8. The molecule has 0 spiro atoms. The summed E-state index contributed by atoms with van der Waals surface area (Å²) in [6, 6.07) is 24.5. The Morgan fingerprint density at radius 2 is 1.72 bits per heavy atom. The number of thioether (sulfide) groups is 1. The van der Waals surface area contributed by atoms with E-state index in [1.807, 2.05) is 36.4 Å². The van der Waals surface area contributed by atoms with Crippen molar-refractivity contribution < 1.29 is 13.9 Å². The number of para-hydroxylation sites is 1. The summed E-state index contributed by atoms with van der Waals surface area (Å²) in [5.74, 6) is -0.467. The molecule has 0 bridgehead atoms. The smallest absolute Gasteiger partial charge is 0.316 e. The van der Waals surface area contributed by atoms with Crippen molar-refractivity contribution in [2.75, 3.05) is 5.75 Å². The van der Waals surface area contributed by atoms with E-state index in [9.17, 15) is 9.18 Å². The van der Waals surface area contributed by atoms with Gasteiger partial charge in [-0.3, -0.25) is 9.36 Å². The largest absolute Gasteiger partial charge is 0.460 e. The number of hydrogen-bond acceptors (Lipinski definition) is 6. The van der Waals surface area contributed by atoms with Crippen LogP contribution in [-0.4, -0.2) is 26.5 Å². The molecule has 0 atom stereocenters. The van der Waals surface area contributed by atoms with Crippen LogP contribution in [0.2, 0.25) is 0 Å². The van der Waals surface area contributed by atoms with Crippen LogP contribution in [0.5, 0.6) is 0 Å². The highest BCUT2D eigenvalue weighted by atomic mass is 32.2. The van der Waals surface area contributed by atoms with E-state index in [4.69, 9.17) is 10.00 Å². The standard InChI is InChI=1S/C24H17FN4O2S/c25-21-9-5-4-8-20(21)23-27-28-24(29(23)19-6-2-1-3-7-19)32-16-22(30)31-15-18-12-10-17(14-26)11-13-18/h1-13H,15-16H2. The van der Waals surface area contributed by atoms with Gasteiger partial charge in [-0.2, -0.15) is 5.26 Å². The van der Waals surface area contributed by atoms with Crippen molar-refractivity contribution in [3.05, 3.63) is 95.8 Å². The van der Waals surface area contributed by atoms with Crippen LogP contribution in [0, 0.1) is 17.1 Å². The Labute approximate surface area is 188 Å². The number of rotatable bonds is 7. The Morgan fingerprint density at radius 1 is 1.00 bits per heavy atom. The molecule has 0 radical (unpaired) electrons. The van der Waals surface area contributed by atoms with Crippen molar-refractivity contribution in [3.8, 4) is 23.1 Å². The molecule has 1 aromatic heterocycles. The first-order valence-electron chi connectivity index (χ1n) is 9.69. The summed E-state index contributed by atoms with van der Waals surface area (Å²) in [6.45, 7) is 0.108. The third kappa shape index (κ3) is 4.85. The molecule has 1 heterocycles. The van der Waals surface area contributed by atoms with Gasteiger partial charge in [-0.05, 0) is 42.0 Å². The van der Waals surface area contributed by atoms with Crippen LogP contribution in [-0.2, 0) is 16.1 Å². The van der Waals surface area contributed by atoms with Gasteiger partial charge in [0.1, 0.15) is 12.4 Å². The van der Waals surface area contributed by atoms with Crippen molar-refractivity contribution >= 4 is 17.7 Å². The zero-order chi connectivity index (χ0) is 22.3. The average Bonchev–Trinajstić information content (AvgIpc) is 3.26. The van der Waals surface area contributed by atoms with Crippen molar-refractivity contribution in [2.45, 2.75) is 11.8 Å². The Bertz CT molecular complexity index is 1270. The van der Waals surface area contributed by atoms with E-state index in [1.165, 1.54) is 6.07 Å². The van der Waals surface area contributed by atoms with Crippen LogP contribution in [0.1, 0.15) is 11.1 Å². The molecule has 0 saturated carbocycles. The van der Waals surface area contributed by atoms with Gasteiger partial charge in [0.05, 0.1) is 22.9 Å². The van der Waals surface area contributed by atoms with Gasteiger partial charge in [0.25, 0.3) is 0 Å². The van der Waals surface area contributed by atoms with E-state index < -0.39 is 11.8 Å². The van der Waals surface area contributed by atoms with E-state index in [-0.39, 0.29) is 12.4 Å². The number of halogens is 1. The first kappa shape index (κ1) is 21.3. The fourth-order valence-corrected chi connectivity index (χ4v) is 3.74. The quantitative estimate of drug-likeness (QED) is 0.301. The summed E-state index contributed by atoms with van der Waals surface area (Å²) in [5, 5.41) is 17.7. The highest BCUT2D eigenvalue weighted by Crippen LogP contribution is 2.29. The Kier molecular flexibility index (Phi) is 6.58. The van der Waals surface area contributed by atoms with Crippen LogP contribution in [0.4, 0.5) is 4.39 Å². The van der Waals surface area contributed by atoms with E-state index in [0.717, 1.165) is 23.0 Å². The van der Waals surface area contributed by atoms with E-state index in [2.05, 4.69) is 10.2 Å². The lowest BCUT2D eigenvalue weighted by molar-refractivity contribution is -0.141. The number of ether oxygens (including phenoxy) is 1. The lowest BCUT2D eigenvalue weighted by atomic mass is 10.2. The molecule has 3 aromatic carbocycles. The molecular weight excluding hydrogens is 427 g/mol. The fourth-order valence-electron chi connectivity index (χ4n) is 2.99. The number of aromatic nitrogens is 3. The predicted octanol–water partition coefficient (Wildman–Crippen LogP) is 4.78. The molecule has 0 N–H and O–H groups in total. The second kappa shape index (κ2) is 9.90. The Hall–Kier alpha value is -3.96. The summed E-state index contributed by atoms with van der Waals surface area (Å²) in [6.07, 6.45) is 0. The number of nitriles is 1. The fraction of sp³-hybridized carbons (Fsp3) is 0.0833.